The maximum atomic E-state index is 12.8. The number of likely N-dealkylation sites (tertiary alicyclic amines) is 1. The van der Waals surface area contributed by atoms with Crippen molar-refractivity contribution in [3.63, 3.8) is 0 Å². The van der Waals surface area contributed by atoms with Gasteiger partial charge in [0, 0.05) is 12.5 Å². The highest BCUT2D eigenvalue weighted by molar-refractivity contribution is 5.79. The number of amides is 1. The fourth-order valence-electron chi connectivity index (χ4n) is 4.19. The van der Waals surface area contributed by atoms with E-state index in [1.807, 2.05) is 6.20 Å². The molecule has 4 heteroatoms. The summed E-state index contributed by atoms with van der Waals surface area (Å²) < 4.78 is 0. The second-order valence-electron chi connectivity index (χ2n) is 7.22. The third-order valence-electron chi connectivity index (χ3n) is 5.48. The number of aryl methyl sites for hydroxylation is 1. The van der Waals surface area contributed by atoms with Gasteiger partial charge < -0.3 is 9.88 Å². The quantitative estimate of drug-likeness (QED) is 0.918. The van der Waals surface area contributed by atoms with Crippen LogP contribution < -0.4 is 0 Å². The zero-order valence-electron chi connectivity index (χ0n) is 14.3. The molecule has 4 nitrogen and oxygen atoms in total. The van der Waals surface area contributed by atoms with Gasteiger partial charge in [0.05, 0.1) is 17.9 Å². The predicted molar refractivity (Wildman–Crippen MR) is 94.4 cm³/mol. The average Bonchev–Trinajstić information content (AvgIpc) is 3.33. The molecule has 126 valence electrons. The molecule has 1 N–H and O–H groups in total. The molecule has 0 spiro atoms. The number of imidazole rings is 1. The third kappa shape index (κ3) is 2.85. The SMILES string of the molecule is Cc1cccc(-c2cnc([C@H]3CCCN3C(=O)C3CCCC3)[nH]2)c1. The minimum Gasteiger partial charge on any atom is -0.340 e. The Morgan fingerprint density at radius 2 is 2.04 bits per heavy atom. The molecule has 1 saturated heterocycles. The van der Waals surface area contributed by atoms with Crippen LogP contribution in [0.15, 0.2) is 30.5 Å². The fraction of sp³-hybridized carbons (Fsp3) is 0.500. The number of hydrogen-bond donors (Lipinski definition) is 1. The van der Waals surface area contributed by atoms with Crippen molar-refractivity contribution in [3.05, 3.63) is 41.9 Å². The Kier molecular flexibility index (Phi) is 4.13. The normalized spacial score (nSPS) is 21.5. The summed E-state index contributed by atoms with van der Waals surface area (Å²) in [5.41, 5.74) is 3.43. The number of H-pyrrole nitrogens is 1. The van der Waals surface area contributed by atoms with Crippen LogP contribution in [0.3, 0.4) is 0 Å². The van der Waals surface area contributed by atoms with Crippen molar-refractivity contribution in [2.75, 3.05) is 6.54 Å². The van der Waals surface area contributed by atoms with Crippen LogP contribution in [0.1, 0.15) is 56.0 Å². The number of aromatic nitrogens is 2. The highest BCUT2D eigenvalue weighted by Gasteiger charge is 2.36. The van der Waals surface area contributed by atoms with E-state index in [1.54, 1.807) is 0 Å². The number of nitrogens with one attached hydrogen (secondary N) is 1. The Bertz CT molecular complexity index is 730. The summed E-state index contributed by atoms with van der Waals surface area (Å²) in [6, 6.07) is 8.54. The van der Waals surface area contributed by atoms with E-state index in [0.717, 1.165) is 49.3 Å². The molecule has 24 heavy (non-hydrogen) atoms. The molecule has 2 fully saturated rings. The van der Waals surface area contributed by atoms with Gasteiger partial charge in [-0.15, -0.1) is 0 Å². The van der Waals surface area contributed by atoms with E-state index in [4.69, 9.17) is 0 Å². The van der Waals surface area contributed by atoms with Crippen molar-refractivity contribution in [3.8, 4) is 11.3 Å². The lowest BCUT2D eigenvalue weighted by Crippen LogP contribution is -2.35. The molecule has 1 amide bonds. The van der Waals surface area contributed by atoms with Crippen LogP contribution in [0.5, 0.6) is 0 Å². The van der Waals surface area contributed by atoms with Crippen molar-refractivity contribution in [2.45, 2.75) is 51.5 Å². The Morgan fingerprint density at radius 3 is 2.83 bits per heavy atom. The van der Waals surface area contributed by atoms with E-state index in [2.05, 4.69) is 46.1 Å². The van der Waals surface area contributed by atoms with Gasteiger partial charge in [-0.05, 0) is 44.2 Å². The second kappa shape index (κ2) is 6.42. The lowest BCUT2D eigenvalue weighted by atomic mass is 10.1. The number of benzene rings is 1. The topological polar surface area (TPSA) is 49.0 Å². The van der Waals surface area contributed by atoms with Crippen molar-refractivity contribution >= 4 is 5.91 Å². The molecule has 2 aliphatic rings. The summed E-state index contributed by atoms with van der Waals surface area (Å²) in [5.74, 6) is 1.54. The molecule has 1 saturated carbocycles. The smallest absolute Gasteiger partial charge is 0.226 e. The van der Waals surface area contributed by atoms with Gasteiger partial charge in [-0.3, -0.25) is 4.79 Å². The van der Waals surface area contributed by atoms with Crippen LogP contribution in [-0.2, 0) is 4.79 Å². The monoisotopic (exact) mass is 323 g/mol. The number of nitrogens with zero attached hydrogens (tertiary/aromatic N) is 2. The first-order chi connectivity index (χ1) is 11.7. The zero-order chi connectivity index (χ0) is 16.5. The number of aromatic amines is 1. The number of carbonyl (C=O) groups excluding carboxylic acids is 1. The first-order valence-corrected chi connectivity index (χ1v) is 9.15. The van der Waals surface area contributed by atoms with Crippen LogP contribution in [0.4, 0.5) is 0 Å². The van der Waals surface area contributed by atoms with E-state index >= 15 is 0 Å². The Labute approximate surface area is 143 Å². The van der Waals surface area contributed by atoms with Crippen LogP contribution in [-0.4, -0.2) is 27.3 Å². The van der Waals surface area contributed by atoms with Gasteiger partial charge in [0.2, 0.25) is 5.91 Å². The van der Waals surface area contributed by atoms with Gasteiger partial charge >= 0.3 is 0 Å². The predicted octanol–water partition coefficient (Wildman–Crippen LogP) is 4.24. The average molecular weight is 323 g/mol. The van der Waals surface area contributed by atoms with Gasteiger partial charge in [0.1, 0.15) is 5.82 Å². The van der Waals surface area contributed by atoms with Crippen LogP contribution >= 0.6 is 0 Å². The molecule has 2 aromatic rings. The zero-order valence-corrected chi connectivity index (χ0v) is 14.3. The molecule has 1 atom stereocenters. The summed E-state index contributed by atoms with van der Waals surface area (Å²) in [5, 5.41) is 0. The van der Waals surface area contributed by atoms with Gasteiger partial charge in [-0.25, -0.2) is 4.98 Å². The molecular formula is C20H25N3O. The standard InChI is InChI=1S/C20H25N3O/c1-14-6-4-9-16(12-14)17-13-21-19(22-17)18-10-5-11-23(18)20(24)15-7-2-3-8-15/h4,6,9,12-13,15,18H,2-3,5,7-8,10-11H2,1H3,(H,21,22)/t18-/m1/s1. The largest absolute Gasteiger partial charge is 0.340 e. The summed E-state index contributed by atoms with van der Waals surface area (Å²) in [6.45, 7) is 2.97. The molecule has 1 aliphatic carbocycles. The van der Waals surface area contributed by atoms with E-state index < -0.39 is 0 Å². The van der Waals surface area contributed by atoms with E-state index in [-0.39, 0.29) is 12.0 Å². The highest BCUT2D eigenvalue weighted by atomic mass is 16.2. The summed E-state index contributed by atoms with van der Waals surface area (Å²) >= 11 is 0. The van der Waals surface area contributed by atoms with Crippen molar-refractivity contribution < 1.29 is 4.79 Å². The van der Waals surface area contributed by atoms with Gasteiger partial charge in [-0.1, -0.05) is 36.6 Å². The first kappa shape index (κ1) is 15.4. The van der Waals surface area contributed by atoms with Gasteiger partial charge in [-0.2, -0.15) is 0 Å². The highest BCUT2D eigenvalue weighted by Crippen LogP contribution is 2.35. The minimum atomic E-state index is 0.122. The molecular weight excluding hydrogens is 298 g/mol. The van der Waals surface area contributed by atoms with E-state index in [1.165, 1.54) is 18.4 Å². The molecule has 2 heterocycles. The maximum Gasteiger partial charge on any atom is 0.226 e. The molecule has 0 radical (unpaired) electrons. The Morgan fingerprint density at radius 1 is 1.21 bits per heavy atom. The molecule has 0 bridgehead atoms. The minimum absolute atomic E-state index is 0.122. The Hall–Kier alpha value is -2.10. The van der Waals surface area contributed by atoms with E-state index in [0.29, 0.717) is 5.91 Å². The molecule has 1 aliphatic heterocycles. The molecule has 0 unspecified atom stereocenters. The van der Waals surface area contributed by atoms with Crippen molar-refractivity contribution in [1.82, 2.24) is 14.9 Å². The summed E-state index contributed by atoms with van der Waals surface area (Å²) in [6.07, 6.45) is 8.52. The van der Waals surface area contributed by atoms with Crippen molar-refractivity contribution in [2.24, 2.45) is 5.92 Å². The third-order valence-corrected chi connectivity index (χ3v) is 5.48. The van der Waals surface area contributed by atoms with Crippen LogP contribution in [0.2, 0.25) is 0 Å². The number of carbonyl (C=O) groups is 1. The summed E-state index contributed by atoms with van der Waals surface area (Å²) in [7, 11) is 0. The van der Waals surface area contributed by atoms with Gasteiger partial charge in [0.25, 0.3) is 0 Å². The lowest BCUT2D eigenvalue weighted by Gasteiger charge is -2.26. The second-order valence-corrected chi connectivity index (χ2v) is 7.22. The fourth-order valence-corrected chi connectivity index (χ4v) is 4.19. The van der Waals surface area contributed by atoms with Crippen molar-refractivity contribution in [1.29, 1.82) is 0 Å². The maximum absolute atomic E-state index is 12.8. The number of hydrogen-bond acceptors (Lipinski definition) is 2. The van der Waals surface area contributed by atoms with Crippen LogP contribution in [0.25, 0.3) is 11.3 Å². The number of rotatable bonds is 3. The molecule has 1 aromatic heterocycles. The summed E-state index contributed by atoms with van der Waals surface area (Å²) in [4.78, 5) is 23.0. The first-order valence-electron chi connectivity index (χ1n) is 9.15. The molecule has 1 aromatic carbocycles. The van der Waals surface area contributed by atoms with Crippen LogP contribution in [0, 0.1) is 12.8 Å². The Balaban J connectivity index is 1.55. The lowest BCUT2D eigenvalue weighted by molar-refractivity contribution is -0.136. The van der Waals surface area contributed by atoms with Gasteiger partial charge in [0.15, 0.2) is 0 Å². The van der Waals surface area contributed by atoms with E-state index in [9.17, 15) is 4.79 Å². The molecule has 4 rings (SSSR count).